The summed E-state index contributed by atoms with van der Waals surface area (Å²) in [6.45, 7) is 0.660. The first-order valence-electron chi connectivity index (χ1n) is 4.50. The fourth-order valence-corrected chi connectivity index (χ4v) is 1.57. The van der Waals surface area contributed by atoms with Gasteiger partial charge in [0.25, 0.3) is 0 Å². The zero-order valence-electron chi connectivity index (χ0n) is 7.89. The fourth-order valence-electron chi connectivity index (χ4n) is 0.938. The van der Waals surface area contributed by atoms with Crippen LogP contribution in [0.2, 0.25) is 0 Å². The second-order valence-electron chi connectivity index (χ2n) is 2.94. The minimum absolute atomic E-state index is 0.118. The Morgan fingerprint density at radius 2 is 2.08 bits per heavy atom. The number of alkyl halides is 2. The summed E-state index contributed by atoms with van der Waals surface area (Å²) in [7, 11) is 0. The summed E-state index contributed by atoms with van der Waals surface area (Å²) in [5, 5.41) is 0.118. The number of carbonyl (C=O) groups excluding carboxylic acids is 1. The second-order valence-corrected chi connectivity index (χ2v) is 4.21. The Balaban J connectivity index is 3.04. The van der Waals surface area contributed by atoms with Crippen LogP contribution in [0.1, 0.15) is 32.6 Å². The number of rotatable bonds is 7. The minimum atomic E-state index is -1.29. The minimum Gasteiger partial charge on any atom is -0.288 e. The van der Waals surface area contributed by atoms with Gasteiger partial charge in [0.2, 0.25) is 0 Å². The van der Waals surface area contributed by atoms with Crippen LogP contribution in [0.4, 0.5) is 8.78 Å². The Morgan fingerprint density at radius 1 is 1.38 bits per heavy atom. The maximum atomic E-state index is 12.3. The predicted molar refractivity (Wildman–Crippen MR) is 52.5 cm³/mol. The van der Waals surface area contributed by atoms with Crippen molar-refractivity contribution in [2.45, 2.75) is 38.8 Å². The molecule has 0 saturated heterocycles. The summed E-state index contributed by atoms with van der Waals surface area (Å²) in [6.07, 6.45) is 1.51. The van der Waals surface area contributed by atoms with Gasteiger partial charge in [-0.2, -0.15) is 0 Å². The predicted octanol–water partition coefficient (Wildman–Crippen LogP) is 3.13. The maximum absolute atomic E-state index is 12.3. The summed E-state index contributed by atoms with van der Waals surface area (Å²) < 4.78 is 24.0. The van der Waals surface area contributed by atoms with E-state index in [1.807, 2.05) is 0 Å². The molecule has 0 heterocycles. The van der Waals surface area contributed by atoms with Crippen LogP contribution < -0.4 is 0 Å². The Hall–Kier alpha value is -0.120. The standard InChI is InChI=1S/C9H16F2OS/c1-8(12)13-6-4-2-3-5-9(11)7-10/h9H,2-7H2,1H3. The molecule has 0 aromatic carbocycles. The van der Waals surface area contributed by atoms with Gasteiger partial charge >= 0.3 is 0 Å². The van der Waals surface area contributed by atoms with E-state index in [0.717, 1.165) is 18.6 Å². The molecule has 4 heteroatoms. The number of halogens is 2. The lowest BCUT2D eigenvalue weighted by Gasteiger charge is -2.02. The molecular formula is C9H16F2OS. The number of unbranched alkanes of at least 4 members (excludes halogenated alkanes) is 2. The molecule has 1 unspecified atom stereocenters. The van der Waals surface area contributed by atoms with E-state index in [1.54, 1.807) is 0 Å². The molecule has 13 heavy (non-hydrogen) atoms. The SMILES string of the molecule is CC(=O)SCCCCCC(F)CF. The van der Waals surface area contributed by atoms with Gasteiger partial charge in [-0.25, -0.2) is 8.78 Å². The molecule has 0 rings (SSSR count). The van der Waals surface area contributed by atoms with Crippen LogP contribution >= 0.6 is 11.8 Å². The first kappa shape index (κ1) is 12.9. The summed E-state index contributed by atoms with van der Waals surface area (Å²) >= 11 is 1.29. The van der Waals surface area contributed by atoms with Gasteiger partial charge in [0.15, 0.2) is 5.12 Å². The van der Waals surface area contributed by atoms with Crippen LogP contribution in [0.3, 0.4) is 0 Å². The van der Waals surface area contributed by atoms with Gasteiger partial charge in [-0.1, -0.05) is 24.6 Å². The van der Waals surface area contributed by atoms with Gasteiger partial charge in [-0.3, -0.25) is 4.79 Å². The second kappa shape index (κ2) is 8.48. The summed E-state index contributed by atoms with van der Waals surface area (Å²) in [5.74, 6) is 0.794. The number of hydrogen-bond donors (Lipinski definition) is 0. The van der Waals surface area contributed by atoms with Gasteiger partial charge in [-0.15, -0.1) is 0 Å². The first-order valence-corrected chi connectivity index (χ1v) is 5.48. The first-order chi connectivity index (χ1) is 6.16. The smallest absolute Gasteiger partial charge is 0.185 e. The Labute approximate surface area is 82.3 Å². The molecule has 0 radical (unpaired) electrons. The van der Waals surface area contributed by atoms with E-state index in [0.29, 0.717) is 12.8 Å². The molecule has 0 aliphatic carbocycles. The Morgan fingerprint density at radius 3 is 2.62 bits per heavy atom. The van der Waals surface area contributed by atoms with Crippen molar-refractivity contribution in [2.75, 3.05) is 12.4 Å². The van der Waals surface area contributed by atoms with E-state index in [4.69, 9.17) is 0 Å². The lowest BCUT2D eigenvalue weighted by molar-refractivity contribution is -0.109. The van der Waals surface area contributed by atoms with Gasteiger partial charge in [0, 0.05) is 12.7 Å². The Bertz CT molecular complexity index is 142. The highest BCUT2D eigenvalue weighted by Crippen LogP contribution is 2.10. The van der Waals surface area contributed by atoms with E-state index in [1.165, 1.54) is 18.7 Å². The highest BCUT2D eigenvalue weighted by Gasteiger charge is 2.04. The number of thioether (sulfide) groups is 1. The molecule has 0 bridgehead atoms. The van der Waals surface area contributed by atoms with Crippen LogP contribution in [0.25, 0.3) is 0 Å². The van der Waals surface area contributed by atoms with Gasteiger partial charge in [0.05, 0.1) is 0 Å². The van der Waals surface area contributed by atoms with E-state index >= 15 is 0 Å². The summed E-state index contributed by atoms with van der Waals surface area (Å²) in [4.78, 5) is 10.5. The topological polar surface area (TPSA) is 17.1 Å². The van der Waals surface area contributed by atoms with Crippen molar-refractivity contribution >= 4 is 16.9 Å². The van der Waals surface area contributed by atoms with Crippen LogP contribution in [0, 0.1) is 0 Å². The van der Waals surface area contributed by atoms with Crippen LogP contribution in [-0.4, -0.2) is 23.7 Å². The van der Waals surface area contributed by atoms with Gasteiger partial charge < -0.3 is 0 Å². The molecule has 0 fully saturated rings. The zero-order valence-corrected chi connectivity index (χ0v) is 8.71. The van der Waals surface area contributed by atoms with E-state index < -0.39 is 12.8 Å². The van der Waals surface area contributed by atoms with Crippen molar-refractivity contribution in [3.63, 3.8) is 0 Å². The van der Waals surface area contributed by atoms with Gasteiger partial charge in [0.1, 0.15) is 12.8 Å². The van der Waals surface area contributed by atoms with Gasteiger partial charge in [-0.05, 0) is 12.8 Å². The highest BCUT2D eigenvalue weighted by atomic mass is 32.2. The van der Waals surface area contributed by atoms with Crippen LogP contribution in [-0.2, 0) is 4.79 Å². The van der Waals surface area contributed by atoms with E-state index in [2.05, 4.69) is 0 Å². The van der Waals surface area contributed by atoms with Crippen LogP contribution in [0.5, 0.6) is 0 Å². The molecule has 0 aromatic rings. The van der Waals surface area contributed by atoms with Crippen molar-refractivity contribution in [3.05, 3.63) is 0 Å². The molecule has 0 spiro atoms. The molecule has 0 saturated carbocycles. The van der Waals surface area contributed by atoms with Crippen molar-refractivity contribution in [1.29, 1.82) is 0 Å². The highest BCUT2D eigenvalue weighted by molar-refractivity contribution is 8.13. The number of hydrogen-bond acceptors (Lipinski definition) is 2. The van der Waals surface area contributed by atoms with Crippen molar-refractivity contribution in [2.24, 2.45) is 0 Å². The molecule has 0 amide bonds. The maximum Gasteiger partial charge on any atom is 0.185 e. The molecule has 0 aromatic heterocycles. The fraction of sp³-hybridized carbons (Fsp3) is 0.889. The van der Waals surface area contributed by atoms with Crippen molar-refractivity contribution in [3.8, 4) is 0 Å². The lowest BCUT2D eigenvalue weighted by atomic mass is 10.1. The van der Waals surface area contributed by atoms with E-state index in [-0.39, 0.29) is 5.12 Å². The monoisotopic (exact) mass is 210 g/mol. The van der Waals surface area contributed by atoms with Crippen molar-refractivity contribution in [1.82, 2.24) is 0 Å². The molecule has 78 valence electrons. The average Bonchev–Trinajstić information content (AvgIpc) is 2.10. The van der Waals surface area contributed by atoms with E-state index in [9.17, 15) is 13.6 Å². The Kier molecular flexibility index (Phi) is 8.40. The molecule has 0 N–H and O–H groups in total. The third-order valence-electron chi connectivity index (χ3n) is 1.63. The lowest BCUT2D eigenvalue weighted by Crippen LogP contribution is -2.01. The molecule has 0 aliphatic rings. The molecule has 1 nitrogen and oxygen atoms in total. The average molecular weight is 210 g/mol. The quantitative estimate of drug-likeness (QED) is 0.600. The third kappa shape index (κ3) is 9.80. The largest absolute Gasteiger partial charge is 0.288 e. The molecule has 1 atom stereocenters. The zero-order chi connectivity index (χ0) is 10.1. The summed E-state index contributed by atoms with van der Waals surface area (Å²) in [5.41, 5.74) is 0. The normalized spacial score (nSPS) is 12.8. The van der Waals surface area contributed by atoms with Crippen LogP contribution in [0.15, 0.2) is 0 Å². The third-order valence-corrected chi connectivity index (χ3v) is 2.53. The van der Waals surface area contributed by atoms with Crippen molar-refractivity contribution < 1.29 is 13.6 Å². The summed E-state index contributed by atoms with van der Waals surface area (Å²) in [6, 6.07) is 0. The number of carbonyl (C=O) groups is 1. The molecular weight excluding hydrogens is 194 g/mol. The molecule has 0 aliphatic heterocycles.